The summed E-state index contributed by atoms with van der Waals surface area (Å²) >= 11 is 1.71. The third-order valence-electron chi connectivity index (χ3n) is 5.96. The Kier molecular flexibility index (Phi) is 5.08. The average molecular weight is 423 g/mol. The van der Waals surface area contributed by atoms with Crippen molar-refractivity contribution in [2.45, 2.75) is 38.3 Å². The molecule has 3 heterocycles. The van der Waals surface area contributed by atoms with Gasteiger partial charge in [0.2, 0.25) is 5.91 Å². The molecule has 8 heteroatoms. The molecule has 1 aromatic heterocycles. The zero-order valence-corrected chi connectivity index (χ0v) is 17.7. The smallest absolute Gasteiger partial charge is 0.325 e. The van der Waals surface area contributed by atoms with Gasteiger partial charge in [-0.3, -0.25) is 14.5 Å². The molecule has 0 aliphatic carbocycles. The summed E-state index contributed by atoms with van der Waals surface area (Å²) in [7, 11) is 0. The fraction of sp³-hybridized carbons (Fsp3) is 0.364. The summed E-state index contributed by atoms with van der Waals surface area (Å²) in [5, 5.41) is 13.7. The number of fused-ring (bicyclic) bond motifs is 1. The molecule has 1 saturated heterocycles. The highest BCUT2D eigenvalue weighted by molar-refractivity contribution is 7.10. The molecular formula is C22H22N4O3S. The third-order valence-corrected chi connectivity index (χ3v) is 6.96. The van der Waals surface area contributed by atoms with Crippen LogP contribution >= 0.6 is 11.3 Å². The lowest BCUT2D eigenvalue weighted by atomic mass is 9.91. The Morgan fingerprint density at radius 2 is 2.03 bits per heavy atom. The SMILES string of the molecule is CCC1c2ccsc2CCN1C(=O)CN1C(=O)NC(C)(c2ccc(C#N)cc2)C1=O. The maximum absolute atomic E-state index is 13.1. The zero-order chi connectivity index (χ0) is 21.5. The Morgan fingerprint density at radius 3 is 2.70 bits per heavy atom. The molecule has 2 aliphatic rings. The van der Waals surface area contributed by atoms with E-state index in [1.54, 1.807) is 47.4 Å². The van der Waals surface area contributed by atoms with Crippen LogP contribution < -0.4 is 5.32 Å². The van der Waals surface area contributed by atoms with Crippen molar-refractivity contribution in [3.05, 3.63) is 57.3 Å². The largest absolute Gasteiger partial charge is 0.334 e. The van der Waals surface area contributed by atoms with Gasteiger partial charge in [0.15, 0.2) is 0 Å². The van der Waals surface area contributed by atoms with Gasteiger partial charge in [-0.05, 0) is 54.5 Å². The number of nitrogens with one attached hydrogen (secondary N) is 1. The summed E-state index contributed by atoms with van der Waals surface area (Å²) in [6.45, 7) is 3.95. The Hall–Kier alpha value is -3.18. The highest BCUT2D eigenvalue weighted by Crippen LogP contribution is 2.36. The number of hydrogen-bond donors (Lipinski definition) is 1. The molecular weight excluding hydrogens is 400 g/mol. The highest BCUT2D eigenvalue weighted by atomic mass is 32.1. The van der Waals surface area contributed by atoms with E-state index in [0.29, 0.717) is 17.7 Å². The Morgan fingerprint density at radius 1 is 1.30 bits per heavy atom. The van der Waals surface area contributed by atoms with Crippen LogP contribution in [-0.2, 0) is 21.5 Å². The van der Waals surface area contributed by atoms with Gasteiger partial charge in [0, 0.05) is 11.4 Å². The molecule has 2 atom stereocenters. The van der Waals surface area contributed by atoms with E-state index in [9.17, 15) is 14.4 Å². The molecule has 4 rings (SSSR count). The standard InChI is InChI=1S/C22H22N4O3S/c1-3-17-16-9-11-30-18(16)8-10-25(17)19(27)13-26-20(28)22(2,24-21(26)29)15-6-4-14(12-23)5-7-15/h4-7,9,11,17H,3,8,10,13H2,1-2H3,(H,24,29). The van der Waals surface area contributed by atoms with E-state index in [0.717, 1.165) is 17.7 Å². The van der Waals surface area contributed by atoms with Crippen molar-refractivity contribution >= 4 is 29.2 Å². The topological polar surface area (TPSA) is 93.5 Å². The van der Waals surface area contributed by atoms with Gasteiger partial charge in [0.1, 0.15) is 12.1 Å². The number of thiophene rings is 1. The highest BCUT2D eigenvalue weighted by Gasteiger charge is 2.50. The quantitative estimate of drug-likeness (QED) is 0.767. The summed E-state index contributed by atoms with van der Waals surface area (Å²) in [4.78, 5) is 42.9. The Labute approximate surface area is 178 Å². The van der Waals surface area contributed by atoms with Crippen LogP contribution in [-0.4, -0.2) is 40.7 Å². The predicted molar refractivity (Wildman–Crippen MR) is 112 cm³/mol. The number of urea groups is 1. The minimum Gasteiger partial charge on any atom is -0.334 e. The van der Waals surface area contributed by atoms with Crippen LogP contribution in [0.4, 0.5) is 4.79 Å². The van der Waals surface area contributed by atoms with Gasteiger partial charge in [-0.2, -0.15) is 5.26 Å². The van der Waals surface area contributed by atoms with Crippen LogP contribution in [0.15, 0.2) is 35.7 Å². The molecule has 0 radical (unpaired) electrons. The average Bonchev–Trinajstić information content (AvgIpc) is 3.32. The van der Waals surface area contributed by atoms with Crippen LogP contribution in [0.1, 0.15) is 47.9 Å². The van der Waals surface area contributed by atoms with Crippen molar-refractivity contribution in [1.29, 1.82) is 5.26 Å². The number of nitrogens with zero attached hydrogens (tertiary/aromatic N) is 3. The molecule has 0 saturated carbocycles. The number of carbonyl (C=O) groups is 3. The number of benzene rings is 1. The van der Waals surface area contributed by atoms with E-state index < -0.39 is 17.5 Å². The predicted octanol–water partition coefficient (Wildman–Crippen LogP) is 2.92. The lowest BCUT2D eigenvalue weighted by Crippen LogP contribution is -2.47. The fourth-order valence-electron chi connectivity index (χ4n) is 4.28. The molecule has 1 aromatic carbocycles. The number of nitriles is 1. The van der Waals surface area contributed by atoms with E-state index in [-0.39, 0.29) is 18.5 Å². The normalized spacial score (nSPS) is 23.2. The third kappa shape index (κ3) is 3.15. The minimum absolute atomic E-state index is 0.0295. The van der Waals surface area contributed by atoms with E-state index in [1.165, 1.54) is 10.4 Å². The molecule has 2 unspecified atom stereocenters. The molecule has 4 amide bonds. The zero-order valence-electron chi connectivity index (χ0n) is 16.8. The van der Waals surface area contributed by atoms with Gasteiger partial charge >= 0.3 is 6.03 Å². The van der Waals surface area contributed by atoms with Crippen molar-refractivity contribution < 1.29 is 14.4 Å². The van der Waals surface area contributed by atoms with Crippen LogP contribution in [0.5, 0.6) is 0 Å². The van der Waals surface area contributed by atoms with Gasteiger partial charge in [0.05, 0.1) is 17.7 Å². The van der Waals surface area contributed by atoms with Gasteiger partial charge in [-0.25, -0.2) is 4.79 Å². The first-order chi connectivity index (χ1) is 14.4. The maximum atomic E-state index is 13.1. The van der Waals surface area contributed by atoms with Crippen molar-refractivity contribution in [3.63, 3.8) is 0 Å². The van der Waals surface area contributed by atoms with E-state index in [1.807, 2.05) is 18.4 Å². The second-order valence-electron chi connectivity index (χ2n) is 7.70. The first-order valence-electron chi connectivity index (χ1n) is 9.89. The summed E-state index contributed by atoms with van der Waals surface area (Å²) in [5.41, 5.74) is 0.941. The summed E-state index contributed by atoms with van der Waals surface area (Å²) < 4.78 is 0. The fourth-order valence-corrected chi connectivity index (χ4v) is 5.20. The van der Waals surface area contributed by atoms with Crippen molar-refractivity contribution in [3.8, 4) is 6.07 Å². The second-order valence-corrected chi connectivity index (χ2v) is 8.70. The number of amides is 4. The summed E-state index contributed by atoms with van der Waals surface area (Å²) in [6, 6.07) is 9.99. The van der Waals surface area contributed by atoms with E-state index >= 15 is 0 Å². The molecule has 2 aliphatic heterocycles. The van der Waals surface area contributed by atoms with Crippen LogP contribution in [0.25, 0.3) is 0 Å². The number of hydrogen-bond acceptors (Lipinski definition) is 5. The minimum atomic E-state index is -1.27. The second kappa shape index (κ2) is 7.58. The molecule has 0 bridgehead atoms. The lowest BCUT2D eigenvalue weighted by Gasteiger charge is -2.36. The molecule has 1 fully saturated rings. The van der Waals surface area contributed by atoms with Crippen molar-refractivity contribution in [2.24, 2.45) is 0 Å². The van der Waals surface area contributed by atoms with E-state index in [4.69, 9.17) is 5.26 Å². The molecule has 2 aromatic rings. The first-order valence-corrected chi connectivity index (χ1v) is 10.8. The van der Waals surface area contributed by atoms with Crippen molar-refractivity contribution in [1.82, 2.24) is 15.1 Å². The number of carbonyl (C=O) groups excluding carboxylic acids is 3. The van der Waals surface area contributed by atoms with Gasteiger partial charge in [-0.1, -0.05) is 19.1 Å². The summed E-state index contributed by atoms with van der Waals surface area (Å²) in [6.07, 6.45) is 1.57. The van der Waals surface area contributed by atoms with Crippen LogP contribution in [0, 0.1) is 11.3 Å². The van der Waals surface area contributed by atoms with Crippen LogP contribution in [0.3, 0.4) is 0 Å². The molecule has 0 spiro atoms. The molecule has 1 N–H and O–H groups in total. The van der Waals surface area contributed by atoms with Gasteiger partial charge in [0.25, 0.3) is 5.91 Å². The lowest BCUT2D eigenvalue weighted by molar-refractivity contribution is -0.140. The monoisotopic (exact) mass is 422 g/mol. The van der Waals surface area contributed by atoms with Crippen molar-refractivity contribution in [2.75, 3.05) is 13.1 Å². The first kappa shape index (κ1) is 20.1. The summed E-state index contributed by atoms with van der Waals surface area (Å²) in [5.74, 6) is -0.696. The molecule has 30 heavy (non-hydrogen) atoms. The number of rotatable bonds is 4. The van der Waals surface area contributed by atoms with Gasteiger partial charge < -0.3 is 10.2 Å². The maximum Gasteiger partial charge on any atom is 0.325 e. The van der Waals surface area contributed by atoms with E-state index in [2.05, 4.69) is 11.4 Å². The van der Waals surface area contributed by atoms with Gasteiger partial charge in [-0.15, -0.1) is 11.3 Å². The number of imide groups is 1. The van der Waals surface area contributed by atoms with Crippen LogP contribution in [0.2, 0.25) is 0 Å². The Balaban J connectivity index is 1.53. The molecule has 7 nitrogen and oxygen atoms in total. The molecule has 154 valence electrons. The Bertz CT molecular complexity index is 1060.